The molecule has 0 bridgehead atoms. The van der Waals surface area contributed by atoms with Gasteiger partial charge in [0.25, 0.3) is 0 Å². The van der Waals surface area contributed by atoms with E-state index in [2.05, 4.69) is 0 Å². The first-order valence-corrected chi connectivity index (χ1v) is 5.49. The Bertz CT molecular complexity index is 271. The third-order valence-corrected chi connectivity index (χ3v) is 2.84. The predicted molar refractivity (Wildman–Crippen MR) is 55.8 cm³/mol. The van der Waals surface area contributed by atoms with Crippen molar-refractivity contribution in [3.8, 4) is 0 Å². The second-order valence-electron chi connectivity index (χ2n) is 4.47. The summed E-state index contributed by atoms with van der Waals surface area (Å²) < 4.78 is 37.1. The Morgan fingerprint density at radius 2 is 2.18 bits per heavy atom. The molecule has 1 N–H and O–H groups in total. The Balaban J connectivity index is 2.64. The van der Waals surface area contributed by atoms with Crippen molar-refractivity contribution in [1.29, 1.82) is 0 Å². The number of carbonyl (C=O) groups is 1. The first-order valence-electron chi connectivity index (χ1n) is 5.49. The van der Waals surface area contributed by atoms with Gasteiger partial charge in [-0.2, -0.15) is 13.2 Å². The van der Waals surface area contributed by atoms with Crippen LogP contribution in [0.25, 0.3) is 0 Å². The first-order chi connectivity index (χ1) is 7.78. The minimum atomic E-state index is -4.36. The zero-order valence-electron chi connectivity index (χ0n) is 9.70. The number of alkyl halides is 3. The average molecular weight is 254 g/mol. The van der Waals surface area contributed by atoms with Crippen LogP contribution < -0.4 is 0 Å². The molecule has 1 unspecified atom stereocenters. The van der Waals surface area contributed by atoms with Gasteiger partial charge in [-0.15, -0.1) is 0 Å². The van der Waals surface area contributed by atoms with Crippen molar-refractivity contribution >= 4 is 5.97 Å². The lowest BCUT2D eigenvalue weighted by atomic mass is 10.0. The molecule has 0 aliphatic carbocycles. The molecular formula is C10H17F3N2O2. The van der Waals surface area contributed by atoms with Gasteiger partial charge in [0.15, 0.2) is 0 Å². The van der Waals surface area contributed by atoms with Crippen molar-refractivity contribution in [1.82, 2.24) is 9.80 Å². The molecule has 1 atom stereocenters. The Morgan fingerprint density at radius 1 is 1.53 bits per heavy atom. The lowest BCUT2D eigenvalue weighted by Crippen LogP contribution is -2.51. The quantitative estimate of drug-likeness (QED) is 0.813. The fourth-order valence-corrected chi connectivity index (χ4v) is 2.16. The number of nitrogens with zero attached hydrogens (tertiary/aromatic N) is 2. The molecule has 0 saturated carbocycles. The van der Waals surface area contributed by atoms with Crippen molar-refractivity contribution in [2.24, 2.45) is 0 Å². The van der Waals surface area contributed by atoms with E-state index in [1.165, 1.54) is 0 Å². The van der Waals surface area contributed by atoms with Crippen molar-refractivity contribution < 1.29 is 23.1 Å². The molecule has 0 aromatic carbocycles. The Hall–Kier alpha value is -0.820. The van der Waals surface area contributed by atoms with Crippen LogP contribution in [-0.2, 0) is 4.79 Å². The molecule has 1 saturated heterocycles. The highest BCUT2D eigenvalue weighted by atomic mass is 19.4. The molecule has 1 aliphatic heterocycles. The van der Waals surface area contributed by atoms with E-state index in [0.717, 1.165) is 17.9 Å². The van der Waals surface area contributed by atoms with E-state index >= 15 is 0 Å². The minimum Gasteiger partial charge on any atom is -0.480 e. The maximum Gasteiger partial charge on any atom is 0.401 e. The second kappa shape index (κ2) is 5.68. The van der Waals surface area contributed by atoms with Crippen LogP contribution in [0.3, 0.4) is 0 Å². The lowest BCUT2D eigenvalue weighted by Gasteiger charge is -2.37. The van der Waals surface area contributed by atoms with E-state index in [4.69, 9.17) is 5.11 Å². The number of piperidine rings is 1. The van der Waals surface area contributed by atoms with Crippen molar-refractivity contribution in [2.75, 3.05) is 33.2 Å². The number of rotatable bonds is 4. The van der Waals surface area contributed by atoms with Crippen LogP contribution in [0, 0.1) is 0 Å². The molecule has 1 aliphatic rings. The SMILES string of the molecule is CN1CCCC(N(CC(=O)O)CC(F)(F)F)C1. The zero-order chi connectivity index (χ0) is 13.1. The number of hydrogen-bond donors (Lipinski definition) is 1. The predicted octanol–water partition coefficient (Wildman–Crippen LogP) is 1.03. The van der Waals surface area contributed by atoms with Crippen LogP contribution in [0.4, 0.5) is 13.2 Å². The molecule has 1 fully saturated rings. The van der Waals surface area contributed by atoms with Gasteiger partial charge in [0.1, 0.15) is 0 Å². The Labute approximate surface area is 98.0 Å². The molecule has 1 heterocycles. The van der Waals surface area contributed by atoms with Gasteiger partial charge >= 0.3 is 12.1 Å². The molecule has 0 aromatic heterocycles. The molecule has 100 valence electrons. The number of likely N-dealkylation sites (tertiary alicyclic amines) is 1. The molecular weight excluding hydrogens is 237 g/mol. The molecule has 17 heavy (non-hydrogen) atoms. The minimum absolute atomic E-state index is 0.327. The van der Waals surface area contributed by atoms with Gasteiger partial charge < -0.3 is 10.0 Å². The van der Waals surface area contributed by atoms with E-state index in [-0.39, 0.29) is 6.04 Å². The summed E-state index contributed by atoms with van der Waals surface area (Å²) in [6, 6.07) is -0.327. The number of aliphatic carboxylic acids is 1. The normalized spacial score (nSPS) is 23.0. The fraction of sp³-hybridized carbons (Fsp3) is 0.900. The summed E-state index contributed by atoms with van der Waals surface area (Å²) >= 11 is 0. The van der Waals surface area contributed by atoms with Crippen molar-refractivity contribution in [3.05, 3.63) is 0 Å². The van der Waals surface area contributed by atoms with Gasteiger partial charge in [-0.05, 0) is 26.4 Å². The molecule has 4 nitrogen and oxygen atoms in total. The van der Waals surface area contributed by atoms with Gasteiger partial charge in [0, 0.05) is 12.6 Å². The average Bonchev–Trinajstić information content (AvgIpc) is 2.13. The topological polar surface area (TPSA) is 43.8 Å². The van der Waals surface area contributed by atoms with Crippen LogP contribution in [0.1, 0.15) is 12.8 Å². The number of hydrogen-bond acceptors (Lipinski definition) is 3. The summed E-state index contributed by atoms with van der Waals surface area (Å²) in [5.41, 5.74) is 0. The first kappa shape index (κ1) is 14.2. The highest BCUT2D eigenvalue weighted by Gasteiger charge is 2.35. The monoisotopic (exact) mass is 254 g/mol. The maximum atomic E-state index is 12.4. The van der Waals surface area contributed by atoms with Gasteiger partial charge in [-0.1, -0.05) is 0 Å². The third-order valence-electron chi connectivity index (χ3n) is 2.84. The smallest absolute Gasteiger partial charge is 0.401 e. The summed E-state index contributed by atoms with van der Waals surface area (Å²) in [7, 11) is 1.83. The van der Waals surface area contributed by atoms with Gasteiger partial charge in [0.2, 0.25) is 0 Å². The largest absolute Gasteiger partial charge is 0.480 e. The summed E-state index contributed by atoms with van der Waals surface area (Å²) in [6.07, 6.45) is -2.94. The molecule has 0 amide bonds. The van der Waals surface area contributed by atoms with Crippen LogP contribution in [0.2, 0.25) is 0 Å². The Morgan fingerprint density at radius 3 is 2.65 bits per heavy atom. The van der Waals surface area contributed by atoms with E-state index in [1.807, 2.05) is 11.9 Å². The van der Waals surface area contributed by atoms with Crippen LogP contribution >= 0.6 is 0 Å². The van der Waals surface area contributed by atoms with Crippen molar-refractivity contribution in [2.45, 2.75) is 25.1 Å². The third kappa shape index (κ3) is 5.36. The standard InChI is InChI=1S/C10H17F3N2O2/c1-14-4-2-3-8(5-14)15(6-9(16)17)7-10(11,12)13/h8H,2-7H2,1H3,(H,16,17). The number of carboxylic acid groups (broad SMARTS) is 1. The molecule has 0 aromatic rings. The maximum absolute atomic E-state index is 12.4. The number of halogens is 3. The number of likely N-dealkylation sites (N-methyl/N-ethyl adjacent to an activating group) is 1. The summed E-state index contributed by atoms with van der Waals surface area (Å²) in [5, 5.41) is 8.65. The summed E-state index contributed by atoms with van der Waals surface area (Å²) in [4.78, 5) is 13.5. The van der Waals surface area contributed by atoms with Crippen LogP contribution in [-0.4, -0.2) is 66.3 Å². The van der Waals surface area contributed by atoms with E-state index in [1.54, 1.807) is 0 Å². The molecule has 0 radical (unpaired) electrons. The second-order valence-corrected chi connectivity index (χ2v) is 4.47. The van der Waals surface area contributed by atoms with Gasteiger partial charge in [0.05, 0.1) is 13.1 Å². The number of carboxylic acids is 1. The lowest BCUT2D eigenvalue weighted by molar-refractivity contribution is -0.160. The van der Waals surface area contributed by atoms with Crippen LogP contribution in [0.15, 0.2) is 0 Å². The van der Waals surface area contributed by atoms with E-state index < -0.39 is 25.2 Å². The molecule has 0 spiro atoms. The summed E-state index contributed by atoms with van der Waals surface area (Å²) in [5.74, 6) is -1.22. The highest BCUT2D eigenvalue weighted by Crippen LogP contribution is 2.21. The Kier molecular flexibility index (Phi) is 4.76. The van der Waals surface area contributed by atoms with Crippen LogP contribution in [0.5, 0.6) is 0 Å². The van der Waals surface area contributed by atoms with Gasteiger partial charge in [-0.25, -0.2) is 0 Å². The highest BCUT2D eigenvalue weighted by molar-refractivity contribution is 5.69. The fourth-order valence-electron chi connectivity index (χ4n) is 2.16. The van der Waals surface area contributed by atoms with E-state index in [0.29, 0.717) is 13.0 Å². The zero-order valence-corrected chi connectivity index (χ0v) is 9.70. The van der Waals surface area contributed by atoms with E-state index in [9.17, 15) is 18.0 Å². The van der Waals surface area contributed by atoms with Gasteiger partial charge in [-0.3, -0.25) is 9.69 Å². The van der Waals surface area contributed by atoms with Crippen molar-refractivity contribution in [3.63, 3.8) is 0 Å². The molecule has 1 rings (SSSR count). The molecule has 7 heteroatoms. The summed E-state index contributed by atoms with van der Waals surface area (Å²) in [6.45, 7) is -0.372.